The summed E-state index contributed by atoms with van der Waals surface area (Å²) < 4.78 is 1.70. The van der Waals surface area contributed by atoms with E-state index in [1.54, 1.807) is 10.6 Å². The summed E-state index contributed by atoms with van der Waals surface area (Å²) in [5.41, 5.74) is 3.67. The molecule has 3 rings (SSSR count). The van der Waals surface area contributed by atoms with Gasteiger partial charge in [-0.25, -0.2) is 4.98 Å². The van der Waals surface area contributed by atoms with E-state index in [1.165, 1.54) is 11.8 Å². The molecule has 5 nitrogen and oxygen atoms in total. The maximum atomic E-state index is 12.9. The summed E-state index contributed by atoms with van der Waals surface area (Å²) in [6, 6.07) is 13.4. The van der Waals surface area contributed by atoms with Crippen molar-refractivity contribution in [3.05, 3.63) is 63.9 Å². The lowest BCUT2D eigenvalue weighted by molar-refractivity contribution is -0.113. The lowest BCUT2D eigenvalue weighted by Crippen LogP contribution is -2.24. The fourth-order valence-electron chi connectivity index (χ4n) is 3.28. The van der Waals surface area contributed by atoms with Crippen LogP contribution >= 0.6 is 11.8 Å². The van der Waals surface area contributed by atoms with Gasteiger partial charge in [0.05, 0.1) is 16.7 Å². The number of amides is 1. The third-order valence-electron chi connectivity index (χ3n) is 4.90. The van der Waals surface area contributed by atoms with Crippen molar-refractivity contribution in [2.75, 3.05) is 11.1 Å². The molecule has 3 aromatic rings. The molecule has 0 aliphatic rings. The summed E-state index contributed by atoms with van der Waals surface area (Å²) in [7, 11) is 0. The molecule has 1 amide bonds. The average molecular weight is 410 g/mol. The smallest absolute Gasteiger partial charge is 0.262 e. The molecule has 29 heavy (non-hydrogen) atoms. The van der Waals surface area contributed by atoms with Crippen molar-refractivity contribution < 1.29 is 4.79 Å². The highest BCUT2D eigenvalue weighted by Crippen LogP contribution is 2.23. The first-order valence-electron chi connectivity index (χ1n) is 10.1. The molecule has 0 saturated heterocycles. The lowest BCUT2D eigenvalue weighted by Gasteiger charge is -2.14. The van der Waals surface area contributed by atoms with E-state index < -0.39 is 0 Å². The van der Waals surface area contributed by atoms with Gasteiger partial charge in [-0.3, -0.25) is 14.2 Å². The van der Waals surface area contributed by atoms with Crippen LogP contribution in [0.15, 0.2) is 52.4 Å². The fourth-order valence-corrected chi connectivity index (χ4v) is 4.10. The van der Waals surface area contributed by atoms with Gasteiger partial charge in [0, 0.05) is 12.2 Å². The molecule has 0 aliphatic heterocycles. The Bertz CT molecular complexity index is 1080. The van der Waals surface area contributed by atoms with Crippen LogP contribution in [0.1, 0.15) is 37.8 Å². The quantitative estimate of drug-likeness (QED) is 0.429. The van der Waals surface area contributed by atoms with Gasteiger partial charge in [-0.05, 0) is 43.0 Å². The van der Waals surface area contributed by atoms with E-state index >= 15 is 0 Å². The monoisotopic (exact) mass is 409 g/mol. The van der Waals surface area contributed by atoms with Gasteiger partial charge in [-0.15, -0.1) is 0 Å². The predicted octanol–water partition coefficient (Wildman–Crippen LogP) is 4.80. The predicted molar refractivity (Wildman–Crippen MR) is 121 cm³/mol. The Balaban J connectivity index is 1.83. The van der Waals surface area contributed by atoms with Gasteiger partial charge in [0.25, 0.3) is 5.56 Å². The molecule has 0 unspecified atom stereocenters. The number of carbonyl (C=O) groups is 1. The first-order valence-corrected chi connectivity index (χ1v) is 11.0. The number of hydrogen-bond donors (Lipinski definition) is 1. The molecule has 6 heteroatoms. The minimum absolute atomic E-state index is 0.0425. The van der Waals surface area contributed by atoms with Crippen LogP contribution in [-0.4, -0.2) is 21.2 Å². The molecular weight excluding hydrogens is 382 g/mol. The standard InChI is InChI=1S/C23H27N3O2S/c1-4-6-14-26-22(28)18-12-7-8-13-19(18)24-23(26)29-15-20(27)25-21-16(3)10-9-11-17(21)5-2/h7-13H,4-6,14-15H2,1-3H3,(H,25,27). The Morgan fingerprint density at radius 2 is 1.93 bits per heavy atom. The third kappa shape index (κ3) is 4.88. The molecule has 2 aromatic carbocycles. The van der Waals surface area contributed by atoms with Crippen molar-refractivity contribution in [1.29, 1.82) is 0 Å². The van der Waals surface area contributed by atoms with Gasteiger partial charge in [-0.2, -0.15) is 0 Å². The van der Waals surface area contributed by atoms with Crippen LogP contribution in [0, 0.1) is 6.92 Å². The minimum atomic E-state index is -0.0940. The maximum Gasteiger partial charge on any atom is 0.262 e. The zero-order valence-electron chi connectivity index (χ0n) is 17.2. The van der Waals surface area contributed by atoms with Gasteiger partial charge < -0.3 is 5.32 Å². The van der Waals surface area contributed by atoms with E-state index in [9.17, 15) is 9.59 Å². The maximum absolute atomic E-state index is 12.9. The molecule has 0 aliphatic carbocycles. The van der Waals surface area contributed by atoms with Crippen molar-refractivity contribution in [2.45, 2.75) is 51.7 Å². The number of nitrogens with one attached hydrogen (secondary N) is 1. The molecule has 1 aromatic heterocycles. The molecule has 1 N–H and O–H groups in total. The van der Waals surface area contributed by atoms with Crippen molar-refractivity contribution in [1.82, 2.24) is 9.55 Å². The van der Waals surface area contributed by atoms with E-state index in [2.05, 4.69) is 24.1 Å². The van der Waals surface area contributed by atoms with Crippen LogP contribution in [0.2, 0.25) is 0 Å². The first kappa shape index (κ1) is 21.1. The summed E-state index contributed by atoms with van der Waals surface area (Å²) >= 11 is 1.31. The van der Waals surface area contributed by atoms with Crippen LogP contribution in [0.4, 0.5) is 5.69 Å². The number of rotatable bonds is 8. The third-order valence-corrected chi connectivity index (χ3v) is 5.88. The van der Waals surface area contributed by atoms with Crippen molar-refractivity contribution >= 4 is 34.3 Å². The van der Waals surface area contributed by atoms with E-state index in [1.807, 2.05) is 43.3 Å². The van der Waals surface area contributed by atoms with Crippen molar-refractivity contribution in [3.8, 4) is 0 Å². The Morgan fingerprint density at radius 1 is 1.14 bits per heavy atom. The number of unbranched alkanes of at least 4 members (excludes halogenated alkanes) is 1. The normalized spacial score (nSPS) is 11.0. The van der Waals surface area contributed by atoms with Gasteiger partial charge >= 0.3 is 0 Å². The topological polar surface area (TPSA) is 64.0 Å². The Labute approximate surface area is 175 Å². The zero-order valence-corrected chi connectivity index (χ0v) is 18.0. The van der Waals surface area contributed by atoms with E-state index in [0.717, 1.165) is 36.1 Å². The fraction of sp³-hybridized carbons (Fsp3) is 0.348. The van der Waals surface area contributed by atoms with Crippen LogP contribution in [-0.2, 0) is 17.8 Å². The zero-order chi connectivity index (χ0) is 20.8. The van der Waals surface area contributed by atoms with E-state index in [0.29, 0.717) is 22.6 Å². The molecule has 152 valence electrons. The lowest BCUT2D eigenvalue weighted by atomic mass is 10.1. The van der Waals surface area contributed by atoms with E-state index in [-0.39, 0.29) is 17.2 Å². The number of benzene rings is 2. The van der Waals surface area contributed by atoms with Crippen LogP contribution in [0.5, 0.6) is 0 Å². The van der Waals surface area contributed by atoms with Crippen LogP contribution in [0.3, 0.4) is 0 Å². The molecule has 0 radical (unpaired) electrons. The molecule has 0 fully saturated rings. The number of hydrogen-bond acceptors (Lipinski definition) is 4. The van der Waals surface area contributed by atoms with Crippen molar-refractivity contribution in [2.24, 2.45) is 0 Å². The number of aryl methyl sites for hydroxylation is 2. The van der Waals surface area contributed by atoms with Crippen molar-refractivity contribution in [3.63, 3.8) is 0 Å². The second kappa shape index (κ2) is 9.74. The second-order valence-corrected chi connectivity index (χ2v) is 7.96. The van der Waals surface area contributed by atoms with E-state index in [4.69, 9.17) is 0 Å². The highest BCUT2D eigenvalue weighted by Gasteiger charge is 2.14. The highest BCUT2D eigenvalue weighted by molar-refractivity contribution is 7.99. The minimum Gasteiger partial charge on any atom is -0.325 e. The highest BCUT2D eigenvalue weighted by atomic mass is 32.2. The number of para-hydroxylation sites is 2. The van der Waals surface area contributed by atoms with Crippen LogP contribution in [0.25, 0.3) is 10.9 Å². The first-order chi connectivity index (χ1) is 14.0. The number of nitrogens with zero attached hydrogens (tertiary/aromatic N) is 2. The Kier molecular flexibility index (Phi) is 7.09. The van der Waals surface area contributed by atoms with Gasteiger partial charge in [0.2, 0.25) is 5.91 Å². The summed E-state index contributed by atoms with van der Waals surface area (Å²) in [4.78, 5) is 30.2. The summed E-state index contributed by atoms with van der Waals surface area (Å²) in [5, 5.41) is 4.25. The number of aromatic nitrogens is 2. The molecule has 0 bridgehead atoms. The molecule has 0 saturated carbocycles. The molecule has 0 spiro atoms. The summed E-state index contributed by atoms with van der Waals surface area (Å²) in [5.74, 6) is 0.109. The summed E-state index contributed by atoms with van der Waals surface area (Å²) in [6.45, 7) is 6.77. The summed E-state index contributed by atoms with van der Waals surface area (Å²) in [6.07, 6.45) is 2.73. The van der Waals surface area contributed by atoms with Gasteiger partial charge in [0.15, 0.2) is 5.16 Å². The second-order valence-electron chi connectivity index (χ2n) is 7.02. The molecular formula is C23H27N3O2S. The number of fused-ring (bicyclic) bond motifs is 1. The Morgan fingerprint density at radius 3 is 2.69 bits per heavy atom. The molecule has 1 heterocycles. The number of anilines is 1. The number of thioether (sulfide) groups is 1. The Hall–Kier alpha value is -2.60. The van der Waals surface area contributed by atoms with Gasteiger partial charge in [0.1, 0.15) is 0 Å². The average Bonchev–Trinajstić information content (AvgIpc) is 2.73. The SMILES string of the molecule is CCCCn1c(SCC(=O)Nc2c(C)cccc2CC)nc2ccccc2c1=O. The van der Waals surface area contributed by atoms with Crippen LogP contribution < -0.4 is 10.9 Å². The van der Waals surface area contributed by atoms with Gasteiger partial charge in [-0.1, -0.05) is 62.4 Å². The number of carbonyl (C=O) groups excluding carboxylic acids is 1. The largest absolute Gasteiger partial charge is 0.325 e. The molecule has 0 atom stereocenters.